The molecule has 70 heavy (non-hydrogen) atoms. The Hall–Kier alpha value is -1.85. The maximum absolute atomic E-state index is 12.9. The minimum absolute atomic E-state index is 0.0652. The summed E-state index contributed by atoms with van der Waals surface area (Å²) in [5.41, 5.74) is 0. The maximum atomic E-state index is 12.9. The highest BCUT2D eigenvalue weighted by atomic mass is 16.6. The molecule has 0 saturated carbocycles. The normalized spacial score (nSPS) is 12.0. The second-order valence-corrected chi connectivity index (χ2v) is 21.7. The van der Waals surface area contributed by atoms with Crippen molar-refractivity contribution in [1.82, 2.24) is 0 Å². The van der Waals surface area contributed by atoms with Gasteiger partial charge in [0.25, 0.3) is 0 Å². The largest absolute Gasteiger partial charge is 0.462 e. The Morgan fingerprint density at radius 3 is 0.714 bits per heavy atom. The van der Waals surface area contributed by atoms with E-state index in [1.807, 2.05) is 0 Å². The lowest BCUT2D eigenvalue weighted by atomic mass is 10.0. The quantitative estimate of drug-likeness (QED) is 0.0261. The highest BCUT2D eigenvalue weighted by Crippen LogP contribution is 2.18. The Balaban J connectivity index is 4.31. The Bertz CT molecular complexity index is 1090. The van der Waals surface area contributed by atoms with Crippen molar-refractivity contribution in [3.8, 4) is 0 Å². The van der Waals surface area contributed by atoms with Gasteiger partial charge in [-0.1, -0.05) is 309 Å². The molecule has 0 rings (SSSR count). The van der Waals surface area contributed by atoms with Crippen molar-refractivity contribution in [3.05, 3.63) is 12.2 Å². The van der Waals surface area contributed by atoms with E-state index in [-0.39, 0.29) is 31.1 Å². The SMILES string of the molecule is CCCCCCCC/C=C/CCCCCCCCCC(=O)O[C@H](COC(=O)CCCCCCCCCCCCCCCCCCC)COC(=O)CCCCCCCCCCCCCCCCCCCC. The van der Waals surface area contributed by atoms with Crippen molar-refractivity contribution < 1.29 is 28.6 Å². The fourth-order valence-electron chi connectivity index (χ4n) is 9.74. The molecule has 0 aliphatic carbocycles. The molecule has 0 N–H and O–H groups in total. The third-order valence-corrected chi connectivity index (χ3v) is 14.5. The maximum Gasteiger partial charge on any atom is 0.306 e. The zero-order valence-corrected chi connectivity index (χ0v) is 47.6. The van der Waals surface area contributed by atoms with E-state index in [1.54, 1.807) is 0 Å². The van der Waals surface area contributed by atoms with Gasteiger partial charge in [0, 0.05) is 19.3 Å². The molecular formula is C64H122O6. The van der Waals surface area contributed by atoms with Gasteiger partial charge in [-0.2, -0.15) is 0 Å². The molecule has 0 aliphatic rings. The first-order chi connectivity index (χ1) is 34.5. The Morgan fingerprint density at radius 2 is 0.471 bits per heavy atom. The Labute approximate surface area is 437 Å². The Kier molecular flexibility index (Phi) is 58.1. The summed E-state index contributed by atoms with van der Waals surface area (Å²) in [4.78, 5) is 38.3. The van der Waals surface area contributed by atoms with Gasteiger partial charge in [0.05, 0.1) is 0 Å². The van der Waals surface area contributed by atoms with Crippen LogP contribution in [-0.4, -0.2) is 37.2 Å². The molecule has 6 heteroatoms. The third-order valence-electron chi connectivity index (χ3n) is 14.5. The van der Waals surface area contributed by atoms with E-state index >= 15 is 0 Å². The van der Waals surface area contributed by atoms with Crippen LogP contribution in [0.3, 0.4) is 0 Å². The average Bonchev–Trinajstić information content (AvgIpc) is 3.36. The average molecular weight is 988 g/mol. The summed E-state index contributed by atoms with van der Waals surface area (Å²) < 4.78 is 16.9. The van der Waals surface area contributed by atoms with Crippen LogP contribution in [0, 0.1) is 0 Å². The molecule has 0 aromatic heterocycles. The smallest absolute Gasteiger partial charge is 0.306 e. The van der Waals surface area contributed by atoms with Gasteiger partial charge in [-0.25, -0.2) is 0 Å². The molecule has 0 spiro atoms. The molecule has 0 aromatic rings. The fourth-order valence-corrected chi connectivity index (χ4v) is 9.74. The second-order valence-electron chi connectivity index (χ2n) is 21.7. The molecule has 0 heterocycles. The van der Waals surface area contributed by atoms with Crippen molar-refractivity contribution in [2.24, 2.45) is 0 Å². The van der Waals surface area contributed by atoms with Crippen LogP contribution in [0.15, 0.2) is 12.2 Å². The van der Waals surface area contributed by atoms with Gasteiger partial charge in [-0.05, 0) is 44.9 Å². The predicted molar refractivity (Wildman–Crippen MR) is 303 cm³/mol. The summed E-state index contributed by atoms with van der Waals surface area (Å²) in [5.74, 6) is -0.839. The van der Waals surface area contributed by atoms with Gasteiger partial charge in [0.1, 0.15) is 13.2 Å². The number of unbranched alkanes of at least 4 members (excludes halogenated alkanes) is 46. The predicted octanol–water partition coefficient (Wildman–Crippen LogP) is 21.3. The van der Waals surface area contributed by atoms with Crippen LogP contribution in [0.5, 0.6) is 0 Å². The molecule has 0 aromatic carbocycles. The summed E-state index contributed by atoms with van der Waals surface area (Å²) in [7, 11) is 0. The van der Waals surface area contributed by atoms with Gasteiger partial charge in [-0.3, -0.25) is 14.4 Å². The van der Waals surface area contributed by atoms with E-state index in [0.717, 1.165) is 57.8 Å². The third kappa shape index (κ3) is 57.1. The number of carbonyl (C=O) groups excluding carboxylic acids is 3. The summed E-state index contributed by atoms with van der Waals surface area (Å²) in [5, 5.41) is 0. The fraction of sp³-hybridized carbons (Fsp3) is 0.922. The van der Waals surface area contributed by atoms with Crippen molar-refractivity contribution in [3.63, 3.8) is 0 Å². The number of ether oxygens (including phenoxy) is 3. The van der Waals surface area contributed by atoms with Crippen molar-refractivity contribution in [2.75, 3.05) is 13.2 Å². The second kappa shape index (κ2) is 59.7. The van der Waals surface area contributed by atoms with Crippen LogP contribution in [-0.2, 0) is 28.6 Å². The van der Waals surface area contributed by atoms with E-state index in [4.69, 9.17) is 14.2 Å². The first kappa shape index (κ1) is 68.2. The number of hydrogen-bond acceptors (Lipinski definition) is 6. The topological polar surface area (TPSA) is 78.9 Å². The van der Waals surface area contributed by atoms with E-state index in [1.165, 1.54) is 263 Å². The number of rotatable bonds is 59. The van der Waals surface area contributed by atoms with Crippen molar-refractivity contribution in [1.29, 1.82) is 0 Å². The highest BCUT2D eigenvalue weighted by molar-refractivity contribution is 5.71. The molecule has 0 aliphatic heterocycles. The number of hydrogen-bond donors (Lipinski definition) is 0. The number of esters is 3. The minimum Gasteiger partial charge on any atom is -0.462 e. The molecular weight excluding hydrogens is 865 g/mol. The van der Waals surface area contributed by atoms with Crippen LogP contribution in [0.1, 0.15) is 361 Å². The van der Waals surface area contributed by atoms with Gasteiger partial charge in [0.15, 0.2) is 6.10 Å². The van der Waals surface area contributed by atoms with Gasteiger partial charge in [0.2, 0.25) is 0 Å². The van der Waals surface area contributed by atoms with E-state index in [2.05, 4.69) is 32.9 Å². The van der Waals surface area contributed by atoms with E-state index in [9.17, 15) is 14.4 Å². The van der Waals surface area contributed by atoms with Crippen LogP contribution in [0.4, 0.5) is 0 Å². The first-order valence-electron chi connectivity index (χ1n) is 31.7. The van der Waals surface area contributed by atoms with Crippen LogP contribution in [0.2, 0.25) is 0 Å². The minimum atomic E-state index is -0.767. The molecule has 6 nitrogen and oxygen atoms in total. The number of carbonyl (C=O) groups is 3. The molecule has 0 saturated heterocycles. The van der Waals surface area contributed by atoms with Crippen molar-refractivity contribution >= 4 is 17.9 Å². The van der Waals surface area contributed by atoms with Crippen LogP contribution >= 0.6 is 0 Å². The lowest BCUT2D eigenvalue weighted by Crippen LogP contribution is -2.30. The molecule has 414 valence electrons. The monoisotopic (exact) mass is 987 g/mol. The summed E-state index contributed by atoms with van der Waals surface area (Å²) in [6.07, 6.45) is 69.2. The molecule has 0 unspecified atom stereocenters. The van der Waals surface area contributed by atoms with Crippen LogP contribution < -0.4 is 0 Å². The molecule has 0 radical (unpaired) electrons. The number of allylic oxidation sites excluding steroid dienone is 2. The van der Waals surface area contributed by atoms with Crippen molar-refractivity contribution in [2.45, 2.75) is 367 Å². The lowest BCUT2D eigenvalue weighted by Gasteiger charge is -2.18. The standard InChI is InChI=1S/C64H122O6/c1-4-7-10-13-16-19-22-25-28-31-34-36-39-42-45-48-51-54-57-63(66)69-60-61(70-64(67)58-55-52-49-46-43-40-37-33-30-27-24-21-18-15-12-9-6-3)59-68-62(65)56-53-50-47-44-41-38-35-32-29-26-23-20-17-14-11-8-5-2/h27,30,61H,4-26,28-29,31-60H2,1-3H3/b30-27+/t61-/m1/s1. The summed E-state index contributed by atoms with van der Waals surface area (Å²) >= 11 is 0. The zero-order valence-electron chi connectivity index (χ0n) is 47.6. The van der Waals surface area contributed by atoms with E-state index in [0.29, 0.717) is 19.3 Å². The van der Waals surface area contributed by atoms with E-state index < -0.39 is 6.10 Å². The Morgan fingerprint density at radius 1 is 0.271 bits per heavy atom. The first-order valence-corrected chi connectivity index (χ1v) is 31.7. The lowest BCUT2D eigenvalue weighted by molar-refractivity contribution is -0.167. The molecule has 1 atom stereocenters. The summed E-state index contributed by atoms with van der Waals surface area (Å²) in [6.45, 7) is 6.71. The molecule has 0 fully saturated rings. The highest BCUT2D eigenvalue weighted by Gasteiger charge is 2.19. The van der Waals surface area contributed by atoms with Gasteiger partial charge < -0.3 is 14.2 Å². The molecule has 0 bridgehead atoms. The zero-order chi connectivity index (χ0) is 50.7. The van der Waals surface area contributed by atoms with Gasteiger partial charge >= 0.3 is 17.9 Å². The molecule has 0 amide bonds. The van der Waals surface area contributed by atoms with Crippen LogP contribution in [0.25, 0.3) is 0 Å². The van der Waals surface area contributed by atoms with Gasteiger partial charge in [-0.15, -0.1) is 0 Å². The summed E-state index contributed by atoms with van der Waals surface area (Å²) in [6, 6.07) is 0.